The van der Waals surface area contributed by atoms with Crippen LogP contribution in [0, 0.1) is 0 Å². The van der Waals surface area contributed by atoms with Gasteiger partial charge < -0.3 is 10.1 Å². The molecule has 7 nitrogen and oxygen atoms in total. The van der Waals surface area contributed by atoms with E-state index < -0.39 is 17.4 Å². The molecule has 0 atom stereocenters. The molecule has 1 aliphatic rings. The minimum absolute atomic E-state index is 0.0744. The van der Waals surface area contributed by atoms with Crippen LogP contribution in [-0.2, 0) is 12.7 Å². The maximum Gasteiger partial charge on any atom is 0.416 e. The van der Waals surface area contributed by atoms with Crippen molar-refractivity contribution in [2.75, 3.05) is 13.7 Å². The van der Waals surface area contributed by atoms with Gasteiger partial charge in [-0.05, 0) is 49.2 Å². The number of ether oxygens (including phenoxy) is 1. The Labute approximate surface area is 181 Å². The van der Waals surface area contributed by atoms with E-state index in [0.717, 1.165) is 25.0 Å². The van der Waals surface area contributed by atoms with Crippen LogP contribution >= 0.6 is 0 Å². The van der Waals surface area contributed by atoms with Crippen molar-refractivity contribution >= 4 is 5.91 Å². The Kier molecular flexibility index (Phi) is 5.77. The third kappa shape index (κ3) is 4.53. The summed E-state index contributed by atoms with van der Waals surface area (Å²) in [4.78, 5) is 25.1. The van der Waals surface area contributed by atoms with Gasteiger partial charge in [0.2, 0.25) is 0 Å². The van der Waals surface area contributed by atoms with Crippen LogP contribution in [0.25, 0.3) is 11.4 Å². The molecule has 1 fully saturated rings. The summed E-state index contributed by atoms with van der Waals surface area (Å²) in [5.41, 5.74) is -0.541. The first-order valence-corrected chi connectivity index (χ1v) is 10.1. The van der Waals surface area contributed by atoms with E-state index in [4.69, 9.17) is 4.74 Å². The summed E-state index contributed by atoms with van der Waals surface area (Å²) >= 11 is 0. The fourth-order valence-corrected chi connectivity index (χ4v) is 3.38. The van der Waals surface area contributed by atoms with Crippen LogP contribution in [0.1, 0.15) is 34.8 Å². The summed E-state index contributed by atoms with van der Waals surface area (Å²) in [7, 11) is 1.53. The molecule has 2 aromatic carbocycles. The number of benzene rings is 2. The lowest BCUT2D eigenvalue weighted by molar-refractivity contribution is -0.137. The zero-order valence-electron chi connectivity index (χ0n) is 17.2. The third-order valence-corrected chi connectivity index (χ3v) is 5.19. The summed E-state index contributed by atoms with van der Waals surface area (Å²) < 4.78 is 47.1. The fourth-order valence-electron chi connectivity index (χ4n) is 3.38. The average Bonchev–Trinajstić information content (AvgIpc) is 3.57. The molecule has 0 radical (unpaired) electrons. The molecule has 1 aliphatic carbocycles. The number of alkyl halides is 3. The smallest absolute Gasteiger partial charge is 0.416 e. The summed E-state index contributed by atoms with van der Waals surface area (Å²) in [6.07, 6.45) is -2.95. The maximum atomic E-state index is 13.1. The largest absolute Gasteiger partial charge is 0.497 e. The molecule has 32 heavy (non-hydrogen) atoms. The van der Waals surface area contributed by atoms with Crippen LogP contribution in [0.3, 0.4) is 0 Å². The van der Waals surface area contributed by atoms with Gasteiger partial charge in [-0.15, -0.1) is 5.10 Å². The minimum Gasteiger partial charge on any atom is -0.497 e. The lowest BCUT2D eigenvalue weighted by Crippen LogP contribution is -2.32. The van der Waals surface area contributed by atoms with Gasteiger partial charge in [-0.2, -0.15) is 13.2 Å². The number of amides is 1. The zero-order chi connectivity index (χ0) is 22.9. The van der Waals surface area contributed by atoms with Gasteiger partial charge in [-0.25, -0.2) is 9.48 Å². The number of rotatable bonds is 7. The van der Waals surface area contributed by atoms with Crippen molar-refractivity contribution in [3.8, 4) is 17.1 Å². The second-order valence-electron chi connectivity index (χ2n) is 7.49. The van der Waals surface area contributed by atoms with E-state index in [2.05, 4.69) is 10.4 Å². The molecular formula is C22H21F3N4O3. The van der Waals surface area contributed by atoms with E-state index in [9.17, 15) is 22.8 Å². The monoisotopic (exact) mass is 446 g/mol. The van der Waals surface area contributed by atoms with E-state index in [1.807, 2.05) is 0 Å². The van der Waals surface area contributed by atoms with Crippen molar-refractivity contribution in [1.29, 1.82) is 0 Å². The van der Waals surface area contributed by atoms with Gasteiger partial charge in [-0.3, -0.25) is 9.36 Å². The number of hydrogen-bond acceptors (Lipinski definition) is 4. The highest BCUT2D eigenvalue weighted by molar-refractivity contribution is 5.94. The van der Waals surface area contributed by atoms with Crippen LogP contribution in [0.4, 0.5) is 13.2 Å². The highest BCUT2D eigenvalue weighted by atomic mass is 19.4. The number of carbonyl (C=O) groups is 1. The molecule has 0 aliphatic heterocycles. The van der Waals surface area contributed by atoms with Crippen molar-refractivity contribution in [2.24, 2.45) is 0 Å². The quantitative estimate of drug-likeness (QED) is 0.603. The Morgan fingerprint density at radius 1 is 1.19 bits per heavy atom. The number of aromatic nitrogens is 3. The third-order valence-electron chi connectivity index (χ3n) is 5.19. The molecular weight excluding hydrogens is 425 g/mol. The Morgan fingerprint density at radius 2 is 1.91 bits per heavy atom. The molecule has 4 rings (SSSR count). The molecule has 1 saturated carbocycles. The van der Waals surface area contributed by atoms with E-state index in [-0.39, 0.29) is 36.4 Å². The second-order valence-corrected chi connectivity index (χ2v) is 7.49. The maximum absolute atomic E-state index is 13.1. The molecule has 1 amide bonds. The fraction of sp³-hybridized carbons (Fsp3) is 0.318. The van der Waals surface area contributed by atoms with Crippen molar-refractivity contribution in [3.63, 3.8) is 0 Å². The van der Waals surface area contributed by atoms with Crippen molar-refractivity contribution < 1.29 is 22.7 Å². The van der Waals surface area contributed by atoms with Gasteiger partial charge in [0.25, 0.3) is 5.91 Å². The Hall–Kier alpha value is -3.56. The molecule has 0 spiro atoms. The first-order chi connectivity index (χ1) is 15.3. The van der Waals surface area contributed by atoms with Gasteiger partial charge >= 0.3 is 11.9 Å². The Bertz CT molecular complexity index is 1180. The van der Waals surface area contributed by atoms with Crippen LogP contribution in [0.5, 0.6) is 5.75 Å². The predicted molar refractivity (Wildman–Crippen MR) is 111 cm³/mol. The van der Waals surface area contributed by atoms with E-state index >= 15 is 0 Å². The van der Waals surface area contributed by atoms with Crippen molar-refractivity contribution in [3.05, 3.63) is 70.1 Å². The summed E-state index contributed by atoms with van der Waals surface area (Å²) in [5, 5.41) is 7.01. The molecule has 0 unspecified atom stereocenters. The van der Waals surface area contributed by atoms with E-state index in [0.29, 0.717) is 11.3 Å². The number of hydrogen-bond donors (Lipinski definition) is 1. The standard InChI is InChI=1S/C22H21F3N4O3/c1-32-18-9-5-14(6-10-18)20(30)26-11-12-28-21(31)29(17-7-8-17)19(27-28)15-3-2-4-16(13-15)22(23,24)25/h2-6,9-10,13,17H,7-8,11-12H2,1H3,(H,26,30). The van der Waals surface area contributed by atoms with Gasteiger partial charge in [-0.1, -0.05) is 12.1 Å². The van der Waals surface area contributed by atoms with Crippen LogP contribution in [0.2, 0.25) is 0 Å². The van der Waals surface area contributed by atoms with E-state index in [1.165, 1.54) is 28.5 Å². The summed E-state index contributed by atoms with van der Waals surface area (Å²) in [6, 6.07) is 11.3. The number of nitrogens with one attached hydrogen (secondary N) is 1. The first-order valence-electron chi connectivity index (χ1n) is 10.1. The minimum atomic E-state index is -4.49. The van der Waals surface area contributed by atoms with Crippen LogP contribution in [0.15, 0.2) is 53.3 Å². The van der Waals surface area contributed by atoms with Gasteiger partial charge in [0.05, 0.1) is 19.2 Å². The SMILES string of the molecule is COc1ccc(C(=O)NCCn2nc(-c3cccc(C(F)(F)F)c3)n(C3CC3)c2=O)cc1. The number of nitrogens with zero attached hydrogens (tertiary/aromatic N) is 3. The highest BCUT2D eigenvalue weighted by Gasteiger charge is 2.33. The molecule has 0 bridgehead atoms. The normalized spacial score (nSPS) is 13.8. The lowest BCUT2D eigenvalue weighted by Gasteiger charge is -2.09. The van der Waals surface area contributed by atoms with Crippen molar-refractivity contribution in [1.82, 2.24) is 19.7 Å². The molecule has 0 saturated heterocycles. The average molecular weight is 446 g/mol. The van der Waals surface area contributed by atoms with Crippen LogP contribution in [-0.4, -0.2) is 33.9 Å². The van der Waals surface area contributed by atoms with Gasteiger partial charge in [0.15, 0.2) is 5.82 Å². The summed E-state index contributed by atoms with van der Waals surface area (Å²) in [5.74, 6) is 0.506. The molecule has 1 N–H and O–H groups in total. The summed E-state index contributed by atoms with van der Waals surface area (Å²) in [6.45, 7) is 0.223. The Morgan fingerprint density at radius 3 is 2.53 bits per heavy atom. The molecule has 10 heteroatoms. The number of methoxy groups -OCH3 is 1. The predicted octanol–water partition coefficient (Wildman–Crippen LogP) is 3.50. The number of halogens is 3. The molecule has 1 aromatic heterocycles. The molecule has 1 heterocycles. The van der Waals surface area contributed by atoms with Crippen LogP contribution < -0.4 is 15.7 Å². The number of carbonyl (C=O) groups excluding carboxylic acids is 1. The van der Waals surface area contributed by atoms with Gasteiger partial charge in [0.1, 0.15) is 5.75 Å². The Balaban J connectivity index is 1.52. The topological polar surface area (TPSA) is 78.2 Å². The molecule has 3 aromatic rings. The highest BCUT2D eigenvalue weighted by Crippen LogP contribution is 2.37. The zero-order valence-corrected chi connectivity index (χ0v) is 17.2. The molecule has 168 valence electrons. The lowest BCUT2D eigenvalue weighted by atomic mass is 10.1. The first kappa shape index (κ1) is 21.7. The van der Waals surface area contributed by atoms with Gasteiger partial charge in [0, 0.05) is 23.7 Å². The van der Waals surface area contributed by atoms with Crippen molar-refractivity contribution in [2.45, 2.75) is 31.6 Å². The van der Waals surface area contributed by atoms with E-state index in [1.54, 1.807) is 24.3 Å². The second kappa shape index (κ2) is 8.52.